The van der Waals surface area contributed by atoms with Crippen LogP contribution in [0.5, 0.6) is 11.5 Å². The van der Waals surface area contributed by atoms with Gasteiger partial charge in [-0.2, -0.15) is 0 Å². The number of amides is 2. The van der Waals surface area contributed by atoms with Gasteiger partial charge in [-0.1, -0.05) is 6.07 Å². The maximum Gasteiger partial charge on any atom is 0.236 e. The average molecular weight is 435 g/mol. The fourth-order valence-electron chi connectivity index (χ4n) is 3.60. The summed E-state index contributed by atoms with van der Waals surface area (Å²) in [5.74, 6) is 1.56. The number of hydrogen-bond acceptors (Lipinski definition) is 6. The van der Waals surface area contributed by atoms with Crippen LogP contribution < -0.4 is 14.8 Å². The predicted molar refractivity (Wildman–Crippen MR) is 121 cm³/mol. The number of benzene rings is 1. The number of nitrogens with one attached hydrogen (secondary N) is 1. The van der Waals surface area contributed by atoms with E-state index in [-0.39, 0.29) is 17.4 Å². The summed E-state index contributed by atoms with van der Waals surface area (Å²) in [5, 5.41) is 2.98. The third kappa shape index (κ3) is 8.38. The molecule has 0 atom stereocenters. The van der Waals surface area contributed by atoms with Crippen LogP contribution in [0.1, 0.15) is 33.3 Å². The van der Waals surface area contributed by atoms with Gasteiger partial charge >= 0.3 is 0 Å². The summed E-state index contributed by atoms with van der Waals surface area (Å²) in [6.45, 7) is 12.5. The molecule has 2 amide bonds. The third-order valence-electron chi connectivity index (χ3n) is 4.99. The van der Waals surface area contributed by atoms with E-state index in [1.165, 1.54) is 0 Å². The van der Waals surface area contributed by atoms with Crippen molar-refractivity contribution in [1.82, 2.24) is 20.0 Å². The highest BCUT2D eigenvalue weighted by Crippen LogP contribution is 2.28. The molecule has 0 bridgehead atoms. The first-order valence-electron chi connectivity index (χ1n) is 10.9. The molecule has 1 N–H and O–H groups in total. The summed E-state index contributed by atoms with van der Waals surface area (Å²) >= 11 is 0. The van der Waals surface area contributed by atoms with Crippen molar-refractivity contribution in [3.8, 4) is 11.5 Å². The predicted octanol–water partition coefficient (Wildman–Crippen LogP) is 1.58. The van der Waals surface area contributed by atoms with Crippen LogP contribution in [-0.2, 0) is 16.1 Å². The van der Waals surface area contributed by atoms with Crippen molar-refractivity contribution >= 4 is 11.8 Å². The number of nitrogens with zero attached hydrogens (tertiary/aromatic N) is 3. The van der Waals surface area contributed by atoms with Crippen molar-refractivity contribution in [2.75, 3.05) is 60.0 Å². The van der Waals surface area contributed by atoms with Gasteiger partial charge in [0, 0.05) is 38.3 Å². The molecule has 1 heterocycles. The Hall–Kier alpha value is -2.32. The van der Waals surface area contributed by atoms with Crippen LogP contribution >= 0.6 is 0 Å². The minimum Gasteiger partial charge on any atom is -0.493 e. The lowest BCUT2D eigenvalue weighted by Gasteiger charge is -2.35. The Kier molecular flexibility index (Phi) is 9.13. The van der Waals surface area contributed by atoms with E-state index >= 15 is 0 Å². The van der Waals surface area contributed by atoms with E-state index in [9.17, 15) is 9.59 Å². The zero-order valence-corrected chi connectivity index (χ0v) is 19.9. The first kappa shape index (κ1) is 24.9. The van der Waals surface area contributed by atoms with Crippen molar-refractivity contribution in [2.45, 2.75) is 39.8 Å². The summed E-state index contributed by atoms with van der Waals surface area (Å²) < 4.78 is 11.0. The second kappa shape index (κ2) is 11.3. The lowest BCUT2D eigenvalue weighted by atomic mass is 10.1. The van der Waals surface area contributed by atoms with Gasteiger partial charge < -0.3 is 19.7 Å². The fourth-order valence-corrected chi connectivity index (χ4v) is 3.60. The zero-order valence-electron chi connectivity index (χ0n) is 19.9. The van der Waals surface area contributed by atoms with Gasteiger partial charge in [-0.15, -0.1) is 0 Å². The van der Waals surface area contributed by atoms with Crippen LogP contribution in [0.15, 0.2) is 18.2 Å². The van der Waals surface area contributed by atoms with Gasteiger partial charge in [0.15, 0.2) is 11.5 Å². The molecular formula is C23H38N4O4. The number of likely N-dealkylation sites (N-methyl/N-ethyl adjacent to an activating group) is 1. The molecule has 8 heteroatoms. The third-order valence-corrected chi connectivity index (χ3v) is 4.99. The molecule has 0 spiro atoms. The van der Waals surface area contributed by atoms with Crippen molar-refractivity contribution in [3.63, 3.8) is 0 Å². The second-order valence-electron chi connectivity index (χ2n) is 9.05. The quantitative estimate of drug-likeness (QED) is 0.636. The van der Waals surface area contributed by atoms with Gasteiger partial charge in [0.25, 0.3) is 0 Å². The largest absolute Gasteiger partial charge is 0.493 e. The van der Waals surface area contributed by atoms with Crippen LogP contribution in [0.2, 0.25) is 0 Å². The maximum atomic E-state index is 12.7. The molecule has 0 radical (unpaired) electrons. The van der Waals surface area contributed by atoms with Crippen LogP contribution in [0, 0.1) is 0 Å². The molecular weight excluding hydrogens is 396 g/mol. The highest BCUT2D eigenvalue weighted by Gasteiger charge is 2.24. The van der Waals surface area contributed by atoms with Crippen LogP contribution in [0.3, 0.4) is 0 Å². The Bertz CT molecular complexity index is 740. The second-order valence-corrected chi connectivity index (χ2v) is 9.05. The molecule has 1 saturated heterocycles. The summed E-state index contributed by atoms with van der Waals surface area (Å²) in [7, 11) is 3.56. The molecule has 1 aromatic carbocycles. The van der Waals surface area contributed by atoms with Gasteiger partial charge in [0.1, 0.15) is 0 Å². The Morgan fingerprint density at radius 1 is 1.13 bits per heavy atom. The summed E-state index contributed by atoms with van der Waals surface area (Å²) in [4.78, 5) is 30.8. The van der Waals surface area contributed by atoms with Gasteiger partial charge in [0.2, 0.25) is 11.8 Å². The summed E-state index contributed by atoms with van der Waals surface area (Å²) in [6, 6.07) is 5.85. The molecule has 8 nitrogen and oxygen atoms in total. The van der Waals surface area contributed by atoms with Gasteiger partial charge in [0.05, 0.1) is 26.8 Å². The lowest BCUT2D eigenvalue weighted by molar-refractivity contribution is -0.134. The van der Waals surface area contributed by atoms with E-state index in [2.05, 4.69) is 10.2 Å². The Labute approximate surface area is 186 Å². The maximum absolute atomic E-state index is 12.7. The van der Waals surface area contributed by atoms with Gasteiger partial charge in [-0.3, -0.25) is 19.4 Å². The average Bonchev–Trinajstić information content (AvgIpc) is 2.68. The van der Waals surface area contributed by atoms with Crippen LogP contribution in [0.25, 0.3) is 0 Å². The number of ether oxygens (including phenoxy) is 2. The molecule has 1 fully saturated rings. The highest BCUT2D eigenvalue weighted by atomic mass is 16.5. The van der Waals surface area contributed by atoms with E-state index in [0.717, 1.165) is 11.3 Å². The molecule has 0 saturated carbocycles. The molecule has 31 heavy (non-hydrogen) atoms. The van der Waals surface area contributed by atoms with E-state index < -0.39 is 0 Å². The van der Waals surface area contributed by atoms with E-state index in [1.54, 1.807) is 7.11 Å². The molecule has 2 rings (SSSR count). The highest BCUT2D eigenvalue weighted by molar-refractivity contribution is 5.79. The zero-order chi connectivity index (χ0) is 23.0. The van der Waals surface area contributed by atoms with Crippen molar-refractivity contribution < 1.29 is 19.1 Å². The standard InChI is InChI=1S/C23H38N4O4/c1-7-31-19-9-8-18(14-20(19)30-6)15-25(5)17-22(29)27-12-10-26(11-13-27)16-21(28)24-23(2,3)4/h8-9,14H,7,10-13,15-17H2,1-6H3,(H,24,28). The fraction of sp³-hybridized carbons (Fsp3) is 0.652. The minimum atomic E-state index is -0.229. The van der Waals surface area contributed by atoms with Gasteiger partial charge in [-0.05, 0) is 52.4 Å². The number of hydrogen-bond donors (Lipinski definition) is 1. The Morgan fingerprint density at radius 3 is 2.39 bits per heavy atom. The number of carbonyl (C=O) groups is 2. The molecule has 0 aromatic heterocycles. The Morgan fingerprint density at radius 2 is 1.81 bits per heavy atom. The SMILES string of the molecule is CCOc1ccc(CN(C)CC(=O)N2CCN(CC(=O)NC(C)(C)C)CC2)cc1OC. The first-order valence-corrected chi connectivity index (χ1v) is 10.9. The topological polar surface area (TPSA) is 74.4 Å². The van der Waals surface area contributed by atoms with Crippen molar-refractivity contribution in [2.24, 2.45) is 0 Å². The first-order chi connectivity index (χ1) is 14.6. The normalized spacial score (nSPS) is 15.1. The molecule has 1 aromatic rings. The number of methoxy groups -OCH3 is 1. The Balaban J connectivity index is 1.79. The van der Waals surface area contributed by atoms with Crippen LogP contribution in [-0.4, -0.2) is 92.1 Å². The molecule has 174 valence electrons. The van der Waals surface area contributed by atoms with Crippen LogP contribution in [0.4, 0.5) is 0 Å². The number of carbonyl (C=O) groups excluding carboxylic acids is 2. The lowest BCUT2D eigenvalue weighted by Crippen LogP contribution is -2.54. The summed E-state index contributed by atoms with van der Waals surface area (Å²) in [6.07, 6.45) is 0. The van der Waals surface area contributed by atoms with E-state index in [0.29, 0.717) is 58.2 Å². The smallest absolute Gasteiger partial charge is 0.236 e. The van der Waals surface area contributed by atoms with Crippen molar-refractivity contribution in [1.29, 1.82) is 0 Å². The minimum absolute atomic E-state index is 0.0257. The number of rotatable bonds is 9. The molecule has 0 unspecified atom stereocenters. The van der Waals surface area contributed by atoms with E-state index in [4.69, 9.17) is 9.47 Å². The van der Waals surface area contributed by atoms with Crippen molar-refractivity contribution in [3.05, 3.63) is 23.8 Å². The summed E-state index contributed by atoms with van der Waals surface area (Å²) in [5.41, 5.74) is 0.831. The molecule has 0 aliphatic carbocycles. The number of piperazine rings is 1. The molecule has 1 aliphatic heterocycles. The van der Waals surface area contributed by atoms with Gasteiger partial charge in [-0.25, -0.2) is 0 Å². The molecule has 1 aliphatic rings. The monoisotopic (exact) mass is 434 g/mol. The van der Waals surface area contributed by atoms with E-state index in [1.807, 2.05) is 62.7 Å².